The molecule has 2 heteroatoms. The molecule has 0 amide bonds. The quantitative estimate of drug-likeness (QED) is 0.828. The van der Waals surface area contributed by atoms with Crippen molar-refractivity contribution in [3.63, 3.8) is 0 Å². The Morgan fingerprint density at radius 2 is 2.19 bits per heavy atom. The van der Waals surface area contributed by atoms with Crippen LogP contribution in [-0.4, -0.2) is 37.6 Å². The fraction of sp³-hybridized carbons (Fsp3) is 0.429. The van der Waals surface area contributed by atoms with Gasteiger partial charge in [0.1, 0.15) is 0 Å². The summed E-state index contributed by atoms with van der Waals surface area (Å²) in [6, 6.07) is 11.2. The highest BCUT2D eigenvalue weighted by Gasteiger charge is 2.17. The number of likely N-dealkylation sites (N-methyl/N-ethyl adjacent to an activating group) is 1. The zero-order chi connectivity index (χ0) is 11.2. The molecule has 0 radical (unpaired) electrons. The van der Waals surface area contributed by atoms with Crippen molar-refractivity contribution in [3.8, 4) is 0 Å². The molecular formula is C14H20N2. The monoisotopic (exact) mass is 216 g/mol. The second kappa shape index (κ2) is 5.83. The lowest BCUT2D eigenvalue weighted by molar-refractivity contribution is 0.284. The number of hydrogen-bond donors (Lipinski definition) is 1. The standard InChI is InChI=1S/C14H20N2/c1-16(14-9-10-15-12-14)11-5-8-13-6-3-2-4-7-13/h2-8,14-15H,9-12H2,1H3/b8-5+. The van der Waals surface area contributed by atoms with Crippen LogP contribution >= 0.6 is 0 Å². The van der Waals surface area contributed by atoms with E-state index in [0.29, 0.717) is 6.04 Å². The van der Waals surface area contributed by atoms with E-state index in [0.717, 1.165) is 19.6 Å². The third-order valence-corrected chi connectivity index (χ3v) is 3.16. The SMILES string of the molecule is CN(C/C=C/c1ccccc1)C1CCNC1. The highest BCUT2D eigenvalue weighted by Crippen LogP contribution is 2.06. The van der Waals surface area contributed by atoms with Gasteiger partial charge in [-0.2, -0.15) is 0 Å². The molecule has 1 fully saturated rings. The van der Waals surface area contributed by atoms with Crippen molar-refractivity contribution in [2.24, 2.45) is 0 Å². The van der Waals surface area contributed by atoms with Crippen LogP contribution in [-0.2, 0) is 0 Å². The minimum atomic E-state index is 0.709. The van der Waals surface area contributed by atoms with Gasteiger partial charge in [0.15, 0.2) is 0 Å². The summed E-state index contributed by atoms with van der Waals surface area (Å²) >= 11 is 0. The summed E-state index contributed by atoms with van der Waals surface area (Å²) in [5, 5.41) is 3.40. The molecule has 16 heavy (non-hydrogen) atoms. The van der Waals surface area contributed by atoms with Gasteiger partial charge in [0.25, 0.3) is 0 Å². The van der Waals surface area contributed by atoms with E-state index >= 15 is 0 Å². The van der Waals surface area contributed by atoms with Gasteiger partial charge >= 0.3 is 0 Å². The Hall–Kier alpha value is -1.12. The van der Waals surface area contributed by atoms with Crippen molar-refractivity contribution >= 4 is 6.08 Å². The first-order valence-electron chi connectivity index (χ1n) is 5.99. The molecule has 1 aromatic rings. The van der Waals surface area contributed by atoms with Crippen LogP contribution in [0.4, 0.5) is 0 Å². The lowest BCUT2D eigenvalue weighted by Gasteiger charge is -2.21. The molecule has 1 saturated heterocycles. The summed E-state index contributed by atoms with van der Waals surface area (Å²) < 4.78 is 0. The third kappa shape index (κ3) is 3.19. The molecule has 1 aromatic carbocycles. The van der Waals surface area contributed by atoms with Gasteiger partial charge in [0, 0.05) is 19.1 Å². The van der Waals surface area contributed by atoms with Crippen molar-refractivity contribution in [1.29, 1.82) is 0 Å². The number of nitrogens with one attached hydrogen (secondary N) is 1. The van der Waals surface area contributed by atoms with Gasteiger partial charge in [-0.15, -0.1) is 0 Å². The second-order valence-corrected chi connectivity index (χ2v) is 4.40. The van der Waals surface area contributed by atoms with E-state index in [1.165, 1.54) is 12.0 Å². The average molecular weight is 216 g/mol. The molecule has 1 aliphatic rings. The molecule has 86 valence electrons. The van der Waals surface area contributed by atoms with E-state index in [4.69, 9.17) is 0 Å². The molecule has 1 N–H and O–H groups in total. The molecular weight excluding hydrogens is 196 g/mol. The van der Waals surface area contributed by atoms with Crippen LogP contribution in [0.2, 0.25) is 0 Å². The van der Waals surface area contributed by atoms with Gasteiger partial charge in [-0.25, -0.2) is 0 Å². The van der Waals surface area contributed by atoms with Crippen LogP contribution < -0.4 is 5.32 Å². The third-order valence-electron chi connectivity index (χ3n) is 3.16. The lowest BCUT2D eigenvalue weighted by atomic mass is 10.2. The van der Waals surface area contributed by atoms with Crippen molar-refractivity contribution in [2.45, 2.75) is 12.5 Å². The normalized spacial score (nSPS) is 21.0. The first-order chi connectivity index (χ1) is 7.86. The maximum absolute atomic E-state index is 3.40. The maximum atomic E-state index is 3.40. The fourth-order valence-corrected chi connectivity index (χ4v) is 2.08. The molecule has 2 rings (SSSR count). The van der Waals surface area contributed by atoms with Crippen LogP contribution in [0.15, 0.2) is 36.4 Å². The molecule has 1 unspecified atom stereocenters. The van der Waals surface area contributed by atoms with E-state index in [-0.39, 0.29) is 0 Å². The Bertz CT molecular complexity index is 326. The molecule has 1 heterocycles. The summed E-state index contributed by atoms with van der Waals surface area (Å²) in [6.45, 7) is 3.33. The Labute approximate surface area is 98.0 Å². The molecule has 0 bridgehead atoms. The summed E-state index contributed by atoms with van der Waals surface area (Å²) in [6.07, 6.45) is 5.71. The summed E-state index contributed by atoms with van der Waals surface area (Å²) in [5.41, 5.74) is 1.28. The molecule has 0 aliphatic carbocycles. The topological polar surface area (TPSA) is 15.3 Å². The summed E-state index contributed by atoms with van der Waals surface area (Å²) in [4.78, 5) is 2.42. The van der Waals surface area contributed by atoms with Gasteiger partial charge < -0.3 is 5.32 Å². The van der Waals surface area contributed by atoms with Gasteiger partial charge in [0.05, 0.1) is 0 Å². The van der Waals surface area contributed by atoms with Crippen molar-refractivity contribution in [2.75, 3.05) is 26.7 Å². The highest BCUT2D eigenvalue weighted by atomic mass is 15.2. The molecule has 0 spiro atoms. The van der Waals surface area contributed by atoms with E-state index in [9.17, 15) is 0 Å². The van der Waals surface area contributed by atoms with E-state index in [2.05, 4.69) is 53.7 Å². The van der Waals surface area contributed by atoms with Gasteiger partial charge in [-0.1, -0.05) is 42.5 Å². The Kier molecular flexibility index (Phi) is 4.14. The largest absolute Gasteiger partial charge is 0.315 e. The maximum Gasteiger partial charge on any atom is 0.0232 e. The average Bonchev–Trinajstić information content (AvgIpc) is 2.84. The van der Waals surface area contributed by atoms with Crippen molar-refractivity contribution < 1.29 is 0 Å². The second-order valence-electron chi connectivity index (χ2n) is 4.40. The molecule has 2 nitrogen and oxygen atoms in total. The lowest BCUT2D eigenvalue weighted by Crippen LogP contribution is -2.33. The minimum absolute atomic E-state index is 0.709. The zero-order valence-corrected chi connectivity index (χ0v) is 9.89. The first kappa shape index (κ1) is 11.4. The van der Waals surface area contributed by atoms with Crippen LogP contribution in [0.3, 0.4) is 0 Å². The van der Waals surface area contributed by atoms with E-state index < -0.39 is 0 Å². The number of nitrogens with zero attached hydrogens (tertiary/aromatic N) is 1. The van der Waals surface area contributed by atoms with Crippen LogP contribution in [0.5, 0.6) is 0 Å². The highest BCUT2D eigenvalue weighted by molar-refractivity contribution is 5.48. The molecule has 1 aliphatic heterocycles. The van der Waals surface area contributed by atoms with Crippen LogP contribution in [0.25, 0.3) is 6.08 Å². The summed E-state index contributed by atoms with van der Waals surface area (Å²) in [7, 11) is 2.20. The number of benzene rings is 1. The van der Waals surface area contributed by atoms with Gasteiger partial charge in [0.2, 0.25) is 0 Å². The van der Waals surface area contributed by atoms with Gasteiger partial charge in [-0.05, 0) is 25.6 Å². The Balaban J connectivity index is 1.80. The Morgan fingerprint density at radius 3 is 2.88 bits per heavy atom. The van der Waals surface area contributed by atoms with Crippen LogP contribution in [0.1, 0.15) is 12.0 Å². The van der Waals surface area contributed by atoms with Gasteiger partial charge in [-0.3, -0.25) is 4.90 Å². The summed E-state index contributed by atoms with van der Waals surface area (Å²) in [5.74, 6) is 0. The molecule has 1 atom stereocenters. The smallest absolute Gasteiger partial charge is 0.0232 e. The molecule has 0 saturated carbocycles. The number of hydrogen-bond acceptors (Lipinski definition) is 2. The van der Waals surface area contributed by atoms with Crippen molar-refractivity contribution in [3.05, 3.63) is 42.0 Å². The van der Waals surface area contributed by atoms with Crippen molar-refractivity contribution in [1.82, 2.24) is 10.2 Å². The molecule has 0 aromatic heterocycles. The Morgan fingerprint density at radius 1 is 1.38 bits per heavy atom. The predicted octanol–water partition coefficient (Wildman–Crippen LogP) is 1.99. The van der Waals surface area contributed by atoms with Crippen LogP contribution in [0, 0.1) is 0 Å². The van der Waals surface area contributed by atoms with E-state index in [1.54, 1.807) is 0 Å². The minimum Gasteiger partial charge on any atom is -0.315 e. The predicted molar refractivity (Wildman–Crippen MR) is 69.4 cm³/mol. The zero-order valence-electron chi connectivity index (χ0n) is 9.89. The fourth-order valence-electron chi connectivity index (χ4n) is 2.08. The van der Waals surface area contributed by atoms with E-state index in [1.807, 2.05) is 6.07 Å². The first-order valence-corrected chi connectivity index (χ1v) is 5.99. The number of rotatable bonds is 4.